The minimum Gasteiger partial charge on any atom is -0.449 e. The van der Waals surface area contributed by atoms with Crippen LogP contribution in [0.3, 0.4) is 0 Å². The Balaban J connectivity index is 1.92. The van der Waals surface area contributed by atoms with Crippen LogP contribution < -0.4 is 11.1 Å². The van der Waals surface area contributed by atoms with Crippen molar-refractivity contribution in [2.75, 3.05) is 5.32 Å². The number of carbonyl (C=O) groups excluding carboxylic acids is 3. The third-order valence-electron chi connectivity index (χ3n) is 3.28. The van der Waals surface area contributed by atoms with E-state index in [0.29, 0.717) is 16.1 Å². The second-order valence-electron chi connectivity index (χ2n) is 5.16. The molecule has 0 bridgehead atoms. The topological polar surface area (TPSA) is 122 Å². The zero-order chi connectivity index (χ0) is 19.1. The Bertz CT molecular complexity index is 894. The first-order valence-corrected chi connectivity index (χ1v) is 8.35. The Morgan fingerprint density at radius 3 is 2.58 bits per heavy atom. The molecule has 1 aromatic heterocycles. The molecule has 2 amide bonds. The summed E-state index contributed by atoms with van der Waals surface area (Å²) in [6.07, 6.45) is 1.64. The number of nitrogens with zero attached hydrogens (tertiary/aromatic N) is 1. The highest BCUT2D eigenvalue weighted by Gasteiger charge is 2.19. The number of rotatable bonds is 6. The number of hydrogen-bond acceptors (Lipinski definition) is 6. The van der Waals surface area contributed by atoms with Crippen molar-refractivity contribution in [2.24, 2.45) is 5.73 Å². The molecule has 0 aliphatic carbocycles. The van der Waals surface area contributed by atoms with Gasteiger partial charge in [0.05, 0.1) is 17.2 Å². The van der Waals surface area contributed by atoms with E-state index in [2.05, 4.69) is 5.32 Å². The van der Waals surface area contributed by atoms with E-state index in [9.17, 15) is 14.4 Å². The number of benzene rings is 1. The quantitative estimate of drug-likeness (QED) is 0.597. The summed E-state index contributed by atoms with van der Waals surface area (Å²) in [5.41, 5.74) is 6.63. The van der Waals surface area contributed by atoms with Crippen LogP contribution in [0.4, 0.5) is 5.00 Å². The minimum atomic E-state index is -1.06. The molecule has 0 radical (unpaired) electrons. The van der Waals surface area contributed by atoms with Crippen LogP contribution in [0.25, 0.3) is 6.08 Å². The van der Waals surface area contributed by atoms with Crippen molar-refractivity contribution in [1.29, 1.82) is 5.26 Å². The predicted octanol–water partition coefficient (Wildman–Crippen LogP) is 2.30. The van der Waals surface area contributed by atoms with Gasteiger partial charge in [0.1, 0.15) is 5.00 Å². The van der Waals surface area contributed by atoms with Gasteiger partial charge in [0.2, 0.25) is 0 Å². The molecule has 7 nitrogen and oxygen atoms in total. The molecule has 0 saturated heterocycles. The van der Waals surface area contributed by atoms with Gasteiger partial charge in [-0.1, -0.05) is 12.1 Å². The maximum atomic E-state index is 12.1. The standard InChI is InChI=1S/C18H15N3O4S/c1-11(17(24)21-18-14(16(20)23)8-9-26-18)25-15(22)7-6-12-2-4-13(10-19)5-3-12/h2-9,11H,1H3,(H2,20,23)(H,21,24)/b7-6+/t11-/m0/s1. The maximum Gasteiger partial charge on any atom is 0.331 e. The van der Waals surface area contributed by atoms with E-state index in [4.69, 9.17) is 15.7 Å². The fourth-order valence-electron chi connectivity index (χ4n) is 1.91. The number of amides is 2. The fraction of sp³-hybridized carbons (Fsp3) is 0.111. The Hall–Kier alpha value is -3.44. The van der Waals surface area contributed by atoms with Crippen LogP contribution in [0, 0.1) is 11.3 Å². The molecule has 1 aromatic carbocycles. The van der Waals surface area contributed by atoms with Crippen LogP contribution in [-0.4, -0.2) is 23.9 Å². The number of ether oxygens (including phenoxy) is 1. The fourth-order valence-corrected chi connectivity index (χ4v) is 2.71. The van der Waals surface area contributed by atoms with Crippen molar-refractivity contribution < 1.29 is 19.1 Å². The van der Waals surface area contributed by atoms with E-state index in [1.54, 1.807) is 29.6 Å². The van der Waals surface area contributed by atoms with Gasteiger partial charge >= 0.3 is 5.97 Å². The normalized spacial score (nSPS) is 11.5. The highest BCUT2D eigenvalue weighted by Crippen LogP contribution is 2.23. The second kappa shape index (κ2) is 8.60. The number of nitrogens with two attached hydrogens (primary N) is 1. The first kappa shape index (κ1) is 18.9. The van der Waals surface area contributed by atoms with Gasteiger partial charge in [-0.25, -0.2) is 4.79 Å². The third-order valence-corrected chi connectivity index (χ3v) is 4.11. The zero-order valence-electron chi connectivity index (χ0n) is 13.8. The molecule has 0 spiro atoms. The average molecular weight is 369 g/mol. The first-order valence-electron chi connectivity index (χ1n) is 7.47. The largest absolute Gasteiger partial charge is 0.449 e. The molecule has 0 aliphatic rings. The van der Waals surface area contributed by atoms with E-state index in [-0.39, 0.29) is 5.56 Å². The van der Waals surface area contributed by atoms with Gasteiger partial charge < -0.3 is 15.8 Å². The summed E-state index contributed by atoms with van der Waals surface area (Å²) in [5, 5.41) is 13.2. The van der Waals surface area contributed by atoms with Crippen LogP contribution in [0.15, 0.2) is 41.8 Å². The molecule has 26 heavy (non-hydrogen) atoms. The SMILES string of the molecule is C[C@H](OC(=O)/C=C/c1ccc(C#N)cc1)C(=O)Nc1sccc1C(N)=O. The number of hydrogen-bond donors (Lipinski definition) is 2. The van der Waals surface area contributed by atoms with Gasteiger partial charge in [0, 0.05) is 6.08 Å². The Kier molecular flexibility index (Phi) is 6.25. The van der Waals surface area contributed by atoms with Crippen LogP contribution in [0.1, 0.15) is 28.4 Å². The molecule has 2 aromatic rings. The van der Waals surface area contributed by atoms with Crippen molar-refractivity contribution in [3.8, 4) is 6.07 Å². The smallest absolute Gasteiger partial charge is 0.331 e. The zero-order valence-corrected chi connectivity index (χ0v) is 14.6. The van der Waals surface area contributed by atoms with Gasteiger partial charge in [-0.15, -0.1) is 11.3 Å². The average Bonchev–Trinajstić information content (AvgIpc) is 3.08. The molecule has 0 saturated carbocycles. The lowest BCUT2D eigenvalue weighted by molar-refractivity contribution is -0.148. The van der Waals surface area contributed by atoms with E-state index in [0.717, 1.165) is 11.3 Å². The van der Waals surface area contributed by atoms with E-state index in [1.807, 2.05) is 6.07 Å². The lowest BCUT2D eigenvalue weighted by atomic mass is 10.1. The van der Waals surface area contributed by atoms with Crippen LogP contribution in [0.2, 0.25) is 0 Å². The molecular weight excluding hydrogens is 354 g/mol. The molecule has 0 unspecified atom stereocenters. The summed E-state index contributed by atoms with van der Waals surface area (Å²) >= 11 is 1.14. The van der Waals surface area contributed by atoms with Gasteiger partial charge in [-0.2, -0.15) is 5.26 Å². The van der Waals surface area contributed by atoms with E-state index in [1.165, 1.54) is 25.1 Å². The van der Waals surface area contributed by atoms with Crippen molar-refractivity contribution in [1.82, 2.24) is 0 Å². The third kappa shape index (κ3) is 5.03. The Labute approximate surface area is 153 Å². The number of carbonyl (C=O) groups is 3. The molecule has 2 rings (SSSR count). The van der Waals surface area contributed by atoms with Gasteiger partial charge in [-0.3, -0.25) is 9.59 Å². The van der Waals surface area contributed by atoms with Crippen molar-refractivity contribution in [3.63, 3.8) is 0 Å². The number of thiophene rings is 1. The first-order chi connectivity index (χ1) is 12.4. The molecule has 3 N–H and O–H groups in total. The van der Waals surface area contributed by atoms with Gasteiger partial charge in [0.25, 0.3) is 11.8 Å². The van der Waals surface area contributed by atoms with Crippen LogP contribution in [-0.2, 0) is 14.3 Å². The molecule has 8 heteroatoms. The highest BCUT2D eigenvalue weighted by atomic mass is 32.1. The van der Waals surface area contributed by atoms with Crippen molar-refractivity contribution in [2.45, 2.75) is 13.0 Å². The summed E-state index contributed by atoms with van der Waals surface area (Å²) in [4.78, 5) is 35.1. The molecule has 0 fully saturated rings. The van der Waals surface area contributed by atoms with Crippen LogP contribution >= 0.6 is 11.3 Å². The molecule has 0 aliphatic heterocycles. The monoisotopic (exact) mass is 369 g/mol. The Morgan fingerprint density at radius 2 is 1.96 bits per heavy atom. The lowest BCUT2D eigenvalue weighted by Gasteiger charge is -2.12. The Morgan fingerprint density at radius 1 is 1.27 bits per heavy atom. The summed E-state index contributed by atoms with van der Waals surface area (Å²) in [6, 6.07) is 10.1. The number of nitriles is 1. The number of primary amides is 1. The van der Waals surface area contributed by atoms with Gasteiger partial charge in [0.15, 0.2) is 6.10 Å². The molecule has 132 valence electrons. The van der Waals surface area contributed by atoms with Gasteiger partial charge in [-0.05, 0) is 42.1 Å². The number of anilines is 1. The second-order valence-corrected chi connectivity index (χ2v) is 6.08. The number of esters is 1. The van der Waals surface area contributed by atoms with Crippen LogP contribution in [0.5, 0.6) is 0 Å². The van der Waals surface area contributed by atoms with E-state index >= 15 is 0 Å². The maximum absolute atomic E-state index is 12.1. The number of nitrogens with one attached hydrogen (secondary N) is 1. The summed E-state index contributed by atoms with van der Waals surface area (Å²) in [6.45, 7) is 1.42. The molecule has 1 heterocycles. The molecular formula is C18H15N3O4S. The lowest BCUT2D eigenvalue weighted by Crippen LogP contribution is -2.29. The molecule has 1 atom stereocenters. The van der Waals surface area contributed by atoms with Crippen molar-refractivity contribution >= 4 is 40.2 Å². The minimum absolute atomic E-state index is 0.197. The van der Waals surface area contributed by atoms with E-state index < -0.39 is 23.9 Å². The summed E-state index contributed by atoms with van der Waals surface area (Å²) in [5.74, 6) is -1.93. The summed E-state index contributed by atoms with van der Waals surface area (Å²) < 4.78 is 5.03. The summed E-state index contributed by atoms with van der Waals surface area (Å²) in [7, 11) is 0. The predicted molar refractivity (Wildman–Crippen MR) is 97.2 cm³/mol. The van der Waals surface area contributed by atoms with Crippen molar-refractivity contribution in [3.05, 3.63) is 58.5 Å². The highest BCUT2D eigenvalue weighted by molar-refractivity contribution is 7.14.